The molecule has 1 aliphatic rings. The minimum absolute atomic E-state index is 0.316. The molecule has 0 aromatic heterocycles. The zero-order valence-corrected chi connectivity index (χ0v) is 10.2. The van der Waals surface area contributed by atoms with Crippen LogP contribution >= 0.6 is 11.8 Å². The SMILES string of the molecule is CSCC1(c2ccc(C(=O)O)cc2)CCC1. The summed E-state index contributed by atoms with van der Waals surface area (Å²) in [4.78, 5) is 10.8. The van der Waals surface area contributed by atoms with Gasteiger partial charge in [-0.2, -0.15) is 11.8 Å². The van der Waals surface area contributed by atoms with E-state index >= 15 is 0 Å². The van der Waals surface area contributed by atoms with Crippen LogP contribution in [0.5, 0.6) is 0 Å². The van der Waals surface area contributed by atoms with Gasteiger partial charge in [-0.05, 0) is 36.8 Å². The van der Waals surface area contributed by atoms with Gasteiger partial charge in [0.2, 0.25) is 0 Å². The zero-order valence-electron chi connectivity index (χ0n) is 9.40. The van der Waals surface area contributed by atoms with Crippen LogP contribution in [0.15, 0.2) is 24.3 Å². The number of thioether (sulfide) groups is 1. The predicted octanol–water partition coefficient (Wildman–Crippen LogP) is 3.17. The molecule has 1 saturated carbocycles. The van der Waals surface area contributed by atoms with Gasteiger partial charge in [0.25, 0.3) is 0 Å². The molecular formula is C13H16O2S. The van der Waals surface area contributed by atoms with E-state index in [9.17, 15) is 4.79 Å². The second kappa shape index (κ2) is 4.50. The molecule has 0 radical (unpaired) electrons. The summed E-state index contributed by atoms with van der Waals surface area (Å²) in [5.41, 5.74) is 2.00. The van der Waals surface area contributed by atoms with Crippen LogP contribution in [0, 0.1) is 0 Å². The molecule has 1 aromatic rings. The Kier molecular flexibility index (Phi) is 3.24. The molecule has 86 valence electrons. The first-order valence-electron chi connectivity index (χ1n) is 5.51. The summed E-state index contributed by atoms with van der Waals surface area (Å²) < 4.78 is 0. The summed E-state index contributed by atoms with van der Waals surface area (Å²) >= 11 is 1.87. The van der Waals surface area contributed by atoms with Gasteiger partial charge in [0.05, 0.1) is 5.56 Å². The smallest absolute Gasteiger partial charge is 0.335 e. The molecule has 0 spiro atoms. The maximum atomic E-state index is 10.8. The highest BCUT2D eigenvalue weighted by atomic mass is 32.2. The summed E-state index contributed by atoms with van der Waals surface area (Å²) in [7, 11) is 0. The molecule has 16 heavy (non-hydrogen) atoms. The van der Waals surface area contributed by atoms with Crippen molar-refractivity contribution in [2.75, 3.05) is 12.0 Å². The summed E-state index contributed by atoms with van der Waals surface area (Å²) in [6.45, 7) is 0. The van der Waals surface area contributed by atoms with E-state index in [0.717, 1.165) is 5.75 Å². The van der Waals surface area contributed by atoms with Crippen LogP contribution in [0.1, 0.15) is 35.2 Å². The predicted molar refractivity (Wildman–Crippen MR) is 67.3 cm³/mol. The van der Waals surface area contributed by atoms with Crippen molar-refractivity contribution in [1.29, 1.82) is 0 Å². The van der Waals surface area contributed by atoms with E-state index in [4.69, 9.17) is 5.11 Å². The van der Waals surface area contributed by atoms with Gasteiger partial charge in [0.1, 0.15) is 0 Å². The number of carbonyl (C=O) groups is 1. The Labute approximate surface area is 100 Å². The average molecular weight is 236 g/mol. The van der Waals surface area contributed by atoms with E-state index in [1.54, 1.807) is 12.1 Å². The van der Waals surface area contributed by atoms with Crippen LogP contribution in [0.3, 0.4) is 0 Å². The Morgan fingerprint density at radius 1 is 1.38 bits per heavy atom. The average Bonchev–Trinajstić information content (AvgIpc) is 2.23. The van der Waals surface area contributed by atoms with Gasteiger partial charge < -0.3 is 5.11 Å². The number of carboxylic acids is 1. The van der Waals surface area contributed by atoms with E-state index in [-0.39, 0.29) is 0 Å². The zero-order chi connectivity index (χ0) is 11.6. The highest BCUT2D eigenvalue weighted by Crippen LogP contribution is 2.45. The Hall–Kier alpha value is -0.960. The van der Waals surface area contributed by atoms with E-state index in [1.807, 2.05) is 23.9 Å². The molecule has 0 saturated heterocycles. The Balaban J connectivity index is 2.23. The molecule has 1 aromatic carbocycles. The molecular weight excluding hydrogens is 220 g/mol. The van der Waals surface area contributed by atoms with E-state index in [2.05, 4.69) is 6.26 Å². The van der Waals surface area contributed by atoms with E-state index in [1.165, 1.54) is 24.8 Å². The van der Waals surface area contributed by atoms with E-state index in [0.29, 0.717) is 11.0 Å². The number of carboxylic acid groups (broad SMARTS) is 1. The fraction of sp³-hybridized carbons (Fsp3) is 0.462. The minimum Gasteiger partial charge on any atom is -0.478 e. The Morgan fingerprint density at radius 3 is 2.38 bits per heavy atom. The van der Waals surface area contributed by atoms with Crippen molar-refractivity contribution in [3.05, 3.63) is 35.4 Å². The molecule has 0 aliphatic heterocycles. The first kappa shape index (κ1) is 11.5. The molecule has 0 amide bonds. The van der Waals surface area contributed by atoms with Gasteiger partial charge in [0, 0.05) is 11.2 Å². The minimum atomic E-state index is -0.848. The maximum Gasteiger partial charge on any atom is 0.335 e. The Morgan fingerprint density at radius 2 is 2.00 bits per heavy atom. The number of rotatable bonds is 4. The number of benzene rings is 1. The first-order valence-corrected chi connectivity index (χ1v) is 6.90. The fourth-order valence-corrected chi connectivity index (χ4v) is 3.37. The van der Waals surface area contributed by atoms with Crippen molar-refractivity contribution in [3.63, 3.8) is 0 Å². The van der Waals surface area contributed by atoms with Crippen LogP contribution in [-0.4, -0.2) is 23.1 Å². The van der Waals surface area contributed by atoms with E-state index < -0.39 is 5.97 Å². The van der Waals surface area contributed by atoms with Gasteiger partial charge in [-0.1, -0.05) is 18.6 Å². The molecule has 1 aliphatic carbocycles. The largest absolute Gasteiger partial charge is 0.478 e. The van der Waals surface area contributed by atoms with Gasteiger partial charge in [0.15, 0.2) is 0 Å². The van der Waals surface area contributed by atoms with Crippen molar-refractivity contribution in [2.24, 2.45) is 0 Å². The van der Waals surface area contributed by atoms with Crippen molar-refractivity contribution in [1.82, 2.24) is 0 Å². The second-order valence-electron chi connectivity index (χ2n) is 4.45. The molecule has 2 nitrogen and oxygen atoms in total. The molecule has 1 N–H and O–H groups in total. The van der Waals surface area contributed by atoms with Crippen LogP contribution in [0.4, 0.5) is 0 Å². The third kappa shape index (κ3) is 1.96. The molecule has 0 bridgehead atoms. The monoisotopic (exact) mass is 236 g/mol. The van der Waals surface area contributed by atoms with Crippen molar-refractivity contribution in [2.45, 2.75) is 24.7 Å². The molecule has 2 rings (SSSR count). The quantitative estimate of drug-likeness (QED) is 0.872. The van der Waals surface area contributed by atoms with Gasteiger partial charge >= 0.3 is 5.97 Å². The summed E-state index contributed by atoms with van der Waals surface area (Å²) in [6, 6.07) is 7.41. The van der Waals surface area contributed by atoms with Crippen LogP contribution in [-0.2, 0) is 5.41 Å². The van der Waals surface area contributed by atoms with Crippen molar-refractivity contribution in [3.8, 4) is 0 Å². The van der Waals surface area contributed by atoms with Crippen molar-refractivity contribution >= 4 is 17.7 Å². The lowest BCUT2D eigenvalue weighted by molar-refractivity contribution is 0.0697. The van der Waals surface area contributed by atoms with Gasteiger partial charge in [-0.3, -0.25) is 0 Å². The lowest BCUT2D eigenvalue weighted by Gasteiger charge is -2.42. The molecule has 0 unspecified atom stereocenters. The van der Waals surface area contributed by atoms with Crippen LogP contribution in [0.2, 0.25) is 0 Å². The second-order valence-corrected chi connectivity index (χ2v) is 5.32. The third-order valence-corrected chi connectivity index (χ3v) is 4.32. The lowest BCUT2D eigenvalue weighted by atomic mass is 9.66. The van der Waals surface area contributed by atoms with Crippen LogP contribution in [0.25, 0.3) is 0 Å². The highest BCUT2D eigenvalue weighted by Gasteiger charge is 2.37. The Bertz CT molecular complexity index is 379. The highest BCUT2D eigenvalue weighted by molar-refractivity contribution is 7.98. The first-order chi connectivity index (χ1) is 7.68. The standard InChI is InChI=1S/C13H16O2S/c1-16-9-13(7-2-8-13)11-5-3-10(4-6-11)12(14)15/h3-6H,2,7-9H2,1H3,(H,14,15). The normalized spacial score (nSPS) is 17.8. The summed E-state index contributed by atoms with van der Waals surface area (Å²) in [5, 5.41) is 8.85. The lowest BCUT2D eigenvalue weighted by Crippen LogP contribution is -2.36. The topological polar surface area (TPSA) is 37.3 Å². The summed E-state index contributed by atoms with van der Waals surface area (Å²) in [5.74, 6) is 0.290. The number of hydrogen-bond acceptors (Lipinski definition) is 2. The molecule has 3 heteroatoms. The molecule has 0 atom stereocenters. The van der Waals surface area contributed by atoms with Gasteiger partial charge in [-0.25, -0.2) is 4.79 Å². The third-order valence-electron chi connectivity index (χ3n) is 3.48. The van der Waals surface area contributed by atoms with Crippen LogP contribution < -0.4 is 0 Å². The molecule has 1 fully saturated rings. The fourth-order valence-electron chi connectivity index (χ4n) is 2.36. The summed E-state index contributed by atoms with van der Waals surface area (Å²) in [6.07, 6.45) is 5.90. The number of hydrogen-bond donors (Lipinski definition) is 1. The maximum absolute atomic E-state index is 10.8. The number of aromatic carboxylic acids is 1. The van der Waals surface area contributed by atoms with Gasteiger partial charge in [-0.15, -0.1) is 0 Å². The van der Waals surface area contributed by atoms with Crippen molar-refractivity contribution < 1.29 is 9.90 Å². The molecule has 0 heterocycles.